The van der Waals surface area contributed by atoms with Crippen molar-refractivity contribution in [3.63, 3.8) is 0 Å². The number of aryl methyl sites for hydroxylation is 1. The highest BCUT2D eigenvalue weighted by atomic mass is 16.5. The van der Waals surface area contributed by atoms with E-state index in [1.54, 1.807) is 0 Å². The highest BCUT2D eigenvalue weighted by Crippen LogP contribution is 2.46. The second-order valence-electron chi connectivity index (χ2n) is 8.48. The molecular weight excluding hydrogens is 316 g/mol. The molecule has 3 amide bonds. The third-order valence-electron chi connectivity index (χ3n) is 5.23. The molecule has 1 aromatic carbocycles. The molecule has 136 valence electrons. The summed E-state index contributed by atoms with van der Waals surface area (Å²) in [6.07, 6.45) is 2.50. The van der Waals surface area contributed by atoms with E-state index >= 15 is 0 Å². The summed E-state index contributed by atoms with van der Waals surface area (Å²) in [4.78, 5) is 26.7. The van der Waals surface area contributed by atoms with Crippen molar-refractivity contribution in [1.29, 1.82) is 0 Å². The van der Waals surface area contributed by atoms with Crippen LogP contribution in [0.4, 0.5) is 4.79 Å². The number of ether oxygens (including phenoxy) is 1. The monoisotopic (exact) mass is 344 g/mol. The Hall–Kier alpha value is -2.04. The molecule has 0 unspecified atom stereocenters. The number of imide groups is 1. The molecule has 1 aliphatic heterocycles. The molecule has 0 bridgehead atoms. The van der Waals surface area contributed by atoms with Crippen LogP contribution in [-0.4, -0.2) is 35.5 Å². The van der Waals surface area contributed by atoms with Crippen molar-refractivity contribution in [2.45, 2.75) is 52.5 Å². The van der Waals surface area contributed by atoms with Crippen molar-refractivity contribution in [2.24, 2.45) is 11.3 Å². The van der Waals surface area contributed by atoms with Gasteiger partial charge < -0.3 is 10.1 Å². The molecule has 0 aromatic heterocycles. The fourth-order valence-corrected chi connectivity index (χ4v) is 4.60. The predicted octanol–water partition coefficient (Wildman–Crippen LogP) is 3.51. The SMILES string of the molecule is Cc1ccc(OCCN2C(=O)N[C@@]3(C[C@@H](C)CC(C)(C)C3)C2=O)cc1. The lowest BCUT2D eigenvalue weighted by Gasteiger charge is -2.43. The molecule has 0 radical (unpaired) electrons. The smallest absolute Gasteiger partial charge is 0.325 e. The van der Waals surface area contributed by atoms with Crippen LogP contribution in [0.5, 0.6) is 5.75 Å². The van der Waals surface area contributed by atoms with Crippen LogP contribution in [-0.2, 0) is 4.79 Å². The summed E-state index contributed by atoms with van der Waals surface area (Å²) in [5, 5.41) is 2.99. The number of amides is 3. The lowest BCUT2D eigenvalue weighted by Crippen LogP contribution is -2.54. The van der Waals surface area contributed by atoms with E-state index < -0.39 is 5.54 Å². The molecule has 2 atom stereocenters. The first kappa shape index (κ1) is 17.8. The van der Waals surface area contributed by atoms with Crippen LogP contribution in [0, 0.1) is 18.3 Å². The number of benzene rings is 1. The van der Waals surface area contributed by atoms with Gasteiger partial charge in [-0.1, -0.05) is 38.5 Å². The number of urea groups is 1. The van der Waals surface area contributed by atoms with Crippen molar-refractivity contribution >= 4 is 11.9 Å². The summed E-state index contributed by atoms with van der Waals surface area (Å²) in [6.45, 7) is 9.10. The van der Waals surface area contributed by atoms with Gasteiger partial charge in [-0.25, -0.2) is 4.79 Å². The first-order valence-corrected chi connectivity index (χ1v) is 9.04. The maximum absolute atomic E-state index is 13.0. The first-order valence-electron chi connectivity index (χ1n) is 9.04. The van der Waals surface area contributed by atoms with Gasteiger partial charge in [-0.05, 0) is 49.7 Å². The second-order valence-corrected chi connectivity index (χ2v) is 8.48. The molecule has 25 heavy (non-hydrogen) atoms. The summed E-state index contributed by atoms with van der Waals surface area (Å²) in [6, 6.07) is 7.46. The maximum Gasteiger partial charge on any atom is 0.325 e. The Labute approximate surface area is 149 Å². The van der Waals surface area contributed by atoms with Crippen LogP contribution in [0.2, 0.25) is 0 Å². The largest absolute Gasteiger partial charge is 0.492 e. The number of nitrogens with one attached hydrogen (secondary N) is 1. The van der Waals surface area contributed by atoms with Crippen molar-refractivity contribution in [3.8, 4) is 5.75 Å². The molecular formula is C20H28N2O3. The second kappa shape index (κ2) is 6.36. The van der Waals surface area contributed by atoms with Gasteiger partial charge in [-0.2, -0.15) is 0 Å². The van der Waals surface area contributed by atoms with Crippen molar-refractivity contribution in [3.05, 3.63) is 29.8 Å². The molecule has 2 fully saturated rings. The number of hydrogen-bond acceptors (Lipinski definition) is 3. The zero-order chi connectivity index (χ0) is 18.2. The van der Waals surface area contributed by atoms with Crippen LogP contribution < -0.4 is 10.1 Å². The lowest BCUT2D eigenvalue weighted by molar-refractivity contribution is -0.135. The van der Waals surface area contributed by atoms with Gasteiger partial charge in [0.25, 0.3) is 5.91 Å². The highest BCUT2D eigenvalue weighted by Gasteiger charge is 2.55. The topological polar surface area (TPSA) is 58.6 Å². The van der Waals surface area contributed by atoms with Crippen molar-refractivity contribution in [1.82, 2.24) is 10.2 Å². The third-order valence-corrected chi connectivity index (χ3v) is 5.23. The Morgan fingerprint density at radius 1 is 1.20 bits per heavy atom. The average molecular weight is 344 g/mol. The van der Waals surface area contributed by atoms with Gasteiger partial charge in [0, 0.05) is 0 Å². The minimum absolute atomic E-state index is 0.0506. The van der Waals surface area contributed by atoms with Gasteiger partial charge in [-0.15, -0.1) is 0 Å². The standard InChI is InChI=1S/C20H28N2O3/c1-14-5-7-16(8-6-14)25-10-9-22-17(23)20(21-18(22)24)12-15(2)11-19(3,4)13-20/h5-8,15H,9-13H2,1-4H3,(H,21,24)/t15-,20+/m0/s1. The van der Waals surface area contributed by atoms with Gasteiger partial charge >= 0.3 is 6.03 Å². The number of carbonyl (C=O) groups is 2. The Kier molecular flexibility index (Phi) is 4.52. The first-order chi connectivity index (χ1) is 11.7. The van der Waals surface area contributed by atoms with Crippen LogP contribution in [0.25, 0.3) is 0 Å². The average Bonchev–Trinajstić information content (AvgIpc) is 2.70. The summed E-state index contributed by atoms with van der Waals surface area (Å²) in [5.74, 6) is 1.07. The zero-order valence-electron chi connectivity index (χ0n) is 15.6. The van der Waals surface area contributed by atoms with E-state index in [1.807, 2.05) is 31.2 Å². The van der Waals surface area contributed by atoms with Gasteiger partial charge in [0.05, 0.1) is 6.54 Å². The Morgan fingerprint density at radius 2 is 1.88 bits per heavy atom. The molecule has 2 aliphatic rings. The highest BCUT2D eigenvalue weighted by molar-refractivity contribution is 6.07. The van der Waals surface area contributed by atoms with Gasteiger partial charge in [-0.3, -0.25) is 9.69 Å². The van der Waals surface area contributed by atoms with E-state index in [4.69, 9.17) is 4.74 Å². The lowest BCUT2D eigenvalue weighted by atomic mass is 9.64. The Balaban J connectivity index is 1.64. The van der Waals surface area contributed by atoms with E-state index in [-0.39, 0.29) is 23.9 Å². The molecule has 1 heterocycles. The summed E-state index contributed by atoms with van der Waals surface area (Å²) in [5.41, 5.74) is 0.481. The molecule has 1 aliphatic carbocycles. The van der Waals surface area contributed by atoms with Gasteiger partial charge in [0.1, 0.15) is 17.9 Å². The normalized spacial score (nSPS) is 28.3. The van der Waals surface area contributed by atoms with Crippen LogP contribution >= 0.6 is 0 Å². The Bertz CT molecular complexity index is 668. The van der Waals surface area contributed by atoms with Crippen LogP contribution in [0.1, 0.15) is 45.6 Å². The molecule has 1 saturated carbocycles. The maximum atomic E-state index is 13.0. The molecule has 1 N–H and O–H groups in total. The van der Waals surface area contributed by atoms with Gasteiger partial charge in [0.15, 0.2) is 0 Å². The molecule has 1 aromatic rings. The summed E-state index contributed by atoms with van der Waals surface area (Å²) >= 11 is 0. The Morgan fingerprint density at radius 3 is 2.52 bits per heavy atom. The molecule has 1 spiro atoms. The molecule has 5 nitrogen and oxygen atoms in total. The van der Waals surface area contributed by atoms with Gasteiger partial charge in [0.2, 0.25) is 0 Å². The van der Waals surface area contributed by atoms with E-state index in [1.165, 1.54) is 4.90 Å². The van der Waals surface area contributed by atoms with Crippen molar-refractivity contribution < 1.29 is 14.3 Å². The fraction of sp³-hybridized carbons (Fsp3) is 0.600. The van der Waals surface area contributed by atoms with E-state index in [9.17, 15) is 9.59 Å². The molecule has 1 saturated heterocycles. The van der Waals surface area contributed by atoms with E-state index in [0.29, 0.717) is 18.9 Å². The van der Waals surface area contributed by atoms with Crippen molar-refractivity contribution in [2.75, 3.05) is 13.2 Å². The fourth-order valence-electron chi connectivity index (χ4n) is 4.60. The minimum Gasteiger partial charge on any atom is -0.492 e. The number of carbonyl (C=O) groups excluding carboxylic acids is 2. The van der Waals surface area contributed by atoms with E-state index in [2.05, 4.69) is 26.1 Å². The van der Waals surface area contributed by atoms with Crippen LogP contribution in [0.3, 0.4) is 0 Å². The minimum atomic E-state index is -0.734. The number of hydrogen-bond donors (Lipinski definition) is 1. The zero-order valence-corrected chi connectivity index (χ0v) is 15.6. The quantitative estimate of drug-likeness (QED) is 0.850. The molecule has 3 rings (SSSR count). The predicted molar refractivity (Wildman–Crippen MR) is 96.4 cm³/mol. The van der Waals surface area contributed by atoms with E-state index in [0.717, 1.165) is 24.2 Å². The number of nitrogens with zero attached hydrogens (tertiary/aromatic N) is 1. The summed E-state index contributed by atoms with van der Waals surface area (Å²) < 4.78 is 5.68. The third kappa shape index (κ3) is 3.65. The molecule has 5 heteroatoms. The number of rotatable bonds is 4. The summed E-state index contributed by atoms with van der Waals surface area (Å²) in [7, 11) is 0. The van der Waals surface area contributed by atoms with Crippen LogP contribution in [0.15, 0.2) is 24.3 Å².